The summed E-state index contributed by atoms with van der Waals surface area (Å²) in [4.78, 5) is 0. The van der Waals surface area contributed by atoms with Crippen LogP contribution in [-0.2, 0) is 13.0 Å². The van der Waals surface area contributed by atoms with Gasteiger partial charge in [-0.1, -0.05) is 12.5 Å². The molecule has 0 amide bonds. The van der Waals surface area contributed by atoms with Gasteiger partial charge in [-0.15, -0.1) is 16.8 Å². The molecule has 1 atom stereocenters. The fourth-order valence-electron chi connectivity index (χ4n) is 2.30. The van der Waals surface area contributed by atoms with Gasteiger partial charge in [0, 0.05) is 19.5 Å². The second kappa shape index (κ2) is 6.65. The molecule has 2 heterocycles. The van der Waals surface area contributed by atoms with Gasteiger partial charge in [-0.3, -0.25) is 0 Å². The third kappa shape index (κ3) is 3.53. The highest BCUT2D eigenvalue weighted by molar-refractivity contribution is 7.80. The maximum atomic E-state index is 5.22. The fourth-order valence-corrected chi connectivity index (χ4v) is 2.57. The smallest absolute Gasteiger partial charge is 0.167 e. The molecular formula is C13H21N5S. The molecule has 0 spiro atoms. The first-order valence-corrected chi connectivity index (χ1v) is 7.20. The van der Waals surface area contributed by atoms with E-state index in [1.807, 2.05) is 0 Å². The van der Waals surface area contributed by atoms with Crippen molar-refractivity contribution in [1.29, 1.82) is 0 Å². The summed E-state index contributed by atoms with van der Waals surface area (Å²) >= 11 is 5.22. The highest BCUT2D eigenvalue weighted by Crippen LogP contribution is 2.18. The molecule has 19 heavy (non-hydrogen) atoms. The van der Waals surface area contributed by atoms with Crippen LogP contribution in [0.2, 0.25) is 0 Å². The van der Waals surface area contributed by atoms with Gasteiger partial charge in [-0.2, -0.15) is 0 Å². The monoisotopic (exact) mass is 279 g/mol. The van der Waals surface area contributed by atoms with Crippen LogP contribution in [0.25, 0.3) is 0 Å². The Morgan fingerprint density at radius 3 is 3.11 bits per heavy atom. The Bertz CT molecular complexity index is 454. The van der Waals surface area contributed by atoms with Crippen molar-refractivity contribution in [3.8, 4) is 0 Å². The molecule has 5 nitrogen and oxygen atoms in total. The van der Waals surface area contributed by atoms with Crippen LogP contribution in [0.5, 0.6) is 0 Å². The van der Waals surface area contributed by atoms with Crippen molar-refractivity contribution in [3.63, 3.8) is 0 Å². The average Bonchev–Trinajstić information content (AvgIpc) is 2.66. The van der Waals surface area contributed by atoms with Crippen LogP contribution in [0.1, 0.15) is 43.9 Å². The molecule has 0 aliphatic carbocycles. The number of hydrogen-bond donors (Lipinski definition) is 2. The first-order chi connectivity index (χ1) is 9.22. The zero-order chi connectivity index (χ0) is 13.7. The molecule has 6 heteroatoms. The van der Waals surface area contributed by atoms with E-state index < -0.39 is 0 Å². The molecule has 2 rings (SSSR count). The second-order valence-electron chi connectivity index (χ2n) is 4.80. The Balaban J connectivity index is 2.03. The van der Waals surface area contributed by atoms with Crippen LogP contribution in [0, 0.1) is 0 Å². The van der Waals surface area contributed by atoms with E-state index in [1.165, 1.54) is 19.3 Å². The van der Waals surface area contributed by atoms with Crippen molar-refractivity contribution in [3.05, 3.63) is 24.3 Å². The Morgan fingerprint density at radius 1 is 1.47 bits per heavy atom. The van der Waals surface area contributed by atoms with E-state index in [-0.39, 0.29) is 6.04 Å². The lowest BCUT2D eigenvalue weighted by Gasteiger charge is -2.17. The summed E-state index contributed by atoms with van der Waals surface area (Å²) in [7, 11) is 0. The molecule has 0 fully saturated rings. The summed E-state index contributed by atoms with van der Waals surface area (Å²) in [5.41, 5.74) is 0. The molecule has 0 bridgehead atoms. The van der Waals surface area contributed by atoms with Crippen LogP contribution in [0.3, 0.4) is 0 Å². The standard InChI is InChI=1S/C13H21N5S/c1-3-8-14-13(19)15-10(2)12-17-16-11-7-5-4-6-9-18(11)12/h3,10H,1,4-9H2,2H3,(H2,14,15,19)/t10-/m1/s1. The van der Waals surface area contributed by atoms with Gasteiger partial charge >= 0.3 is 0 Å². The van der Waals surface area contributed by atoms with Crippen LogP contribution in [0.15, 0.2) is 12.7 Å². The molecule has 0 unspecified atom stereocenters. The van der Waals surface area contributed by atoms with Crippen molar-refractivity contribution in [2.24, 2.45) is 0 Å². The fraction of sp³-hybridized carbons (Fsp3) is 0.615. The highest BCUT2D eigenvalue weighted by atomic mass is 32.1. The molecule has 1 aromatic heterocycles. The Hall–Kier alpha value is -1.43. The van der Waals surface area contributed by atoms with E-state index in [2.05, 4.69) is 38.9 Å². The zero-order valence-corrected chi connectivity index (χ0v) is 12.2. The minimum absolute atomic E-state index is 0.0594. The number of nitrogens with zero attached hydrogens (tertiary/aromatic N) is 3. The number of nitrogens with one attached hydrogen (secondary N) is 2. The van der Waals surface area contributed by atoms with E-state index >= 15 is 0 Å². The quantitative estimate of drug-likeness (QED) is 0.649. The van der Waals surface area contributed by atoms with Gasteiger partial charge in [0.25, 0.3) is 0 Å². The van der Waals surface area contributed by atoms with Gasteiger partial charge in [-0.05, 0) is 32.0 Å². The molecule has 2 N–H and O–H groups in total. The van der Waals surface area contributed by atoms with E-state index in [4.69, 9.17) is 12.2 Å². The van der Waals surface area contributed by atoms with E-state index in [0.717, 1.165) is 24.6 Å². The molecule has 0 radical (unpaired) electrons. The van der Waals surface area contributed by atoms with Gasteiger partial charge in [0.15, 0.2) is 10.9 Å². The van der Waals surface area contributed by atoms with Crippen LogP contribution >= 0.6 is 12.2 Å². The summed E-state index contributed by atoms with van der Waals surface area (Å²) in [6.45, 7) is 7.39. The molecule has 1 aromatic rings. The largest absolute Gasteiger partial charge is 0.359 e. The van der Waals surface area contributed by atoms with Crippen molar-refractivity contribution >= 4 is 17.3 Å². The second-order valence-corrected chi connectivity index (χ2v) is 5.21. The van der Waals surface area contributed by atoms with E-state index in [0.29, 0.717) is 11.7 Å². The molecular weight excluding hydrogens is 258 g/mol. The molecule has 0 saturated carbocycles. The highest BCUT2D eigenvalue weighted by Gasteiger charge is 2.19. The maximum absolute atomic E-state index is 5.22. The number of aryl methyl sites for hydroxylation is 1. The minimum atomic E-state index is 0.0594. The predicted octanol–water partition coefficient (Wildman–Crippen LogP) is 1.72. The third-order valence-electron chi connectivity index (χ3n) is 3.28. The van der Waals surface area contributed by atoms with Crippen molar-refractivity contribution in [2.75, 3.05) is 6.54 Å². The van der Waals surface area contributed by atoms with E-state index in [9.17, 15) is 0 Å². The predicted molar refractivity (Wildman–Crippen MR) is 79.9 cm³/mol. The van der Waals surface area contributed by atoms with Gasteiger partial charge in [0.05, 0.1) is 6.04 Å². The normalized spacial score (nSPS) is 16.1. The summed E-state index contributed by atoms with van der Waals surface area (Å²) in [6.07, 6.45) is 6.48. The van der Waals surface area contributed by atoms with Crippen LogP contribution in [-0.4, -0.2) is 26.4 Å². The summed E-state index contributed by atoms with van der Waals surface area (Å²) in [6, 6.07) is 0.0594. The first kappa shape index (κ1) is 14.0. The third-order valence-corrected chi connectivity index (χ3v) is 3.54. The van der Waals surface area contributed by atoms with Gasteiger partial charge in [0.2, 0.25) is 0 Å². The average molecular weight is 279 g/mol. The molecule has 1 aliphatic rings. The van der Waals surface area contributed by atoms with Crippen molar-refractivity contribution in [1.82, 2.24) is 25.4 Å². The molecule has 104 valence electrons. The summed E-state index contributed by atoms with van der Waals surface area (Å²) in [5, 5.41) is 15.5. The summed E-state index contributed by atoms with van der Waals surface area (Å²) in [5.74, 6) is 2.07. The minimum Gasteiger partial charge on any atom is -0.359 e. The van der Waals surface area contributed by atoms with Crippen LogP contribution < -0.4 is 10.6 Å². The van der Waals surface area contributed by atoms with E-state index in [1.54, 1.807) is 6.08 Å². The number of fused-ring (bicyclic) bond motifs is 1. The SMILES string of the molecule is C=CCNC(=S)N[C@H](C)c1nnc2n1CCCCC2. The topological polar surface area (TPSA) is 54.8 Å². The molecule has 0 aromatic carbocycles. The lowest BCUT2D eigenvalue weighted by atomic mass is 10.2. The first-order valence-electron chi connectivity index (χ1n) is 6.79. The Morgan fingerprint density at radius 2 is 2.32 bits per heavy atom. The van der Waals surface area contributed by atoms with Crippen molar-refractivity contribution in [2.45, 2.75) is 45.2 Å². The number of hydrogen-bond acceptors (Lipinski definition) is 3. The lowest BCUT2D eigenvalue weighted by molar-refractivity contribution is 0.555. The maximum Gasteiger partial charge on any atom is 0.167 e. The number of thiocarbonyl (C=S) groups is 1. The Labute approximate surface area is 119 Å². The lowest BCUT2D eigenvalue weighted by Crippen LogP contribution is -2.37. The molecule has 0 saturated heterocycles. The Kier molecular flexibility index (Phi) is 4.90. The van der Waals surface area contributed by atoms with Gasteiger partial charge < -0.3 is 15.2 Å². The number of rotatable bonds is 4. The summed E-state index contributed by atoms with van der Waals surface area (Å²) < 4.78 is 2.24. The van der Waals surface area contributed by atoms with Gasteiger partial charge in [0.1, 0.15) is 5.82 Å². The van der Waals surface area contributed by atoms with Gasteiger partial charge in [-0.25, -0.2) is 0 Å². The molecule has 1 aliphatic heterocycles. The van der Waals surface area contributed by atoms with Crippen LogP contribution in [0.4, 0.5) is 0 Å². The number of aromatic nitrogens is 3. The van der Waals surface area contributed by atoms with Crippen molar-refractivity contribution < 1.29 is 0 Å². The zero-order valence-electron chi connectivity index (χ0n) is 11.4.